The molecule has 3 atom stereocenters. The normalized spacial score (nSPS) is 22.8. The average Bonchev–Trinajstić information content (AvgIpc) is 3.62. The molecule has 0 radical (unpaired) electrons. The smallest absolute Gasteiger partial charge is 0.315 e. The molecule has 0 bridgehead atoms. The third-order valence-electron chi connectivity index (χ3n) is 7.60. The van der Waals surface area contributed by atoms with Crippen LogP contribution in [-0.4, -0.2) is 76.9 Å². The molecule has 2 aromatic rings. The maximum absolute atomic E-state index is 12.5. The topological polar surface area (TPSA) is 126 Å². The maximum Gasteiger partial charge on any atom is 0.315 e. The van der Waals surface area contributed by atoms with Crippen molar-refractivity contribution in [3.05, 3.63) is 58.0 Å². The van der Waals surface area contributed by atoms with Crippen molar-refractivity contribution in [2.45, 2.75) is 38.1 Å². The quantitative estimate of drug-likeness (QED) is 0.317. The van der Waals surface area contributed by atoms with E-state index in [4.69, 9.17) is 22.1 Å². The third kappa shape index (κ3) is 4.98. The van der Waals surface area contributed by atoms with Crippen molar-refractivity contribution in [2.24, 2.45) is 16.8 Å². The lowest BCUT2D eigenvalue weighted by molar-refractivity contribution is -0.481. The lowest BCUT2D eigenvalue weighted by Crippen LogP contribution is -2.37. The summed E-state index contributed by atoms with van der Waals surface area (Å²) in [5.74, 6) is 5.97. The Morgan fingerprint density at radius 1 is 1.35 bits per heavy atom. The number of hydrogen-bond acceptors (Lipinski definition) is 7. The van der Waals surface area contributed by atoms with E-state index in [-0.39, 0.29) is 29.2 Å². The molecule has 3 N–H and O–H groups in total. The van der Waals surface area contributed by atoms with Gasteiger partial charge in [0.2, 0.25) is 5.91 Å². The Bertz CT molecular complexity index is 1580. The molecule has 206 valence electrons. The number of ether oxygens (including phenoxy) is 1. The number of nitrogens with zero attached hydrogens (tertiary/aromatic N) is 5. The number of benzene rings is 1. The van der Waals surface area contributed by atoms with E-state index >= 15 is 0 Å². The van der Waals surface area contributed by atoms with Crippen molar-refractivity contribution in [1.82, 2.24) is 20.4 Å². The number of halogens is 1. The molecule has 5 rings (SSSR count). The highest BCUT2D eigenvalue weighted by Gasteiger charge is 2.38. The summed E-state index contributed by atoms with van der Waals surface area (Å²) in [6.45, 7) is 6.66. The summed E-state index contributed by atoms with van der Waals surface area (Å²) >= 11 is 6.65. The lowest BCUT2D eigenvalue weighted by Gasteiger charge is -2.22. The van der Waals surface area contributed by atoms with Crippen LogP contribution in [0.5, 0.6) is 0 Å². The molecule has 1 aliphatic carbocycles. The Hall–Kier alpha value is -4.07. The van der Waals surface area contributed by atoms with Crippen LogP contribution in [0.1, 0.15) is 42.5 Å². The van der Waals surface area contributed by atoms with Gasteiger partial charge in [-0.3, -0.25) is 14.9 Å². The molecule has 2 amide bonds. The minimum Gasteiger partial charge on any atom is -0.383 e. The Morgan fingerprint density at radius 2 is 2.15 bits per heavy atom. The van der Waals surface area contributed by atoms with Crippen LogP contribution in [0.25, 0.3) is 10.9 Å². The van der Waals surface area contributed by atoms with Gasteiger partial charge in [0.05, 0.1) is 35.9 Å². The lowest BCUT2D eigenvalue weighted by atomic mass is 9.99. The molecule has 11 heteroatoms. The minimum absolute atomic E-state index is 0.0461. The molecule has 1 fully saturated rings. The molecule has 2 unspecified atom stereocenters. The molecule has 0 spiro atoms. The second kappa shape index (κ2) is 11.2. The fraction of sp³-hybridized carbons (Fsp3) is 0.379. The number of primary amides is 1. The molecule has 1 saturated heterocycles. The summed E-state index contributed by atoms with van der Waals surface area (Å²) in [7, 11) is 3.28. The number of nitrogens with two attached hydrogens (primary N) is 1. The van der Waals surface area contributed by atoms with Gasteiger partial charge in [0.15, 0.2) is 11.3 Å². The molecule has 3 aliphatic rings. The van der Waals surface area contributed by atoms with E-state index in [1.54, 1.807) is 23.7 Å². The van der Waals surface area contributed by atoms with E-state index in [1.807, 2.05) is 18.3 Å². The van der Waals surface area contributed by atoms with Gasteiger partial charge in [-0.05, 0) is 54.9 Å². The van der Waals surface area contributed by atoms with Crippen LogP contribution in [0.2, 0.25) is 5.02 Å². The van der Waals surface area contributed by atoms with Crippen LogP contribution in [-0.2, 0) is 20.7 Å². The molecule has 3 heterocycles. The number of likely N-dealkylation sites (tertiary alicyclic amines) is 1. The zero-order chi connectivity index (χ0) is 28.6. The van der Waals surface area contributed by atoms with Gasteiger partial charge in [-0.2, -0.15) is 10.2 Å². The Balaban J connectivity index is 1.50. The van der Waals surface area contributed by atoms with Gasteiger partial charge >= 0.3 is 5.82 Å². The van der Waals surface area contributed by atoms with E-state index in [0.29, 0.717) is 41.9 Å². The Morgan fingerprint density at radius 3 is 2.85 bits per heavy atom. The first-order valence-electron chi connectivity index (χ1n) is 13.1. The minimum atomic E-state index is -0.666. The van der Waals surface area contributed by atoms with Crippen LogP contribution in [0.15, 0.2) is 41.3 Å². The van der Waals surface area contributed by atoms with Crippen molar-refractivity contribution in [2.75, 3.05) is 27.3 Å². The molecule has 40 heavy (non-hydrogen) atoms. The number of carbonyl (C=O) groups is 2. The van der Waals surface area contributed by atoms with Crippen molar-refractivity contribution < 1.29 is 19.0 Å². The zero-order valence-electron chi connectivity index (χ0n) is 22.7. The summed E-state index contributed by atoms with van der Waals surface area (Å²) in [6.07, 6.45) is 5.79. The number of aryl methyl sites for hydroxylation is 1. The van der Waals surface area contributed by atoms with Gasteiger partial charge in [-0.1, -0.05) is 36.1 Å². The number of hydrazone groups is 1. The standard InChI is InChI=1S/C29H30ClN7O3/c1-5-25(38)36-13-17(10-19(36)15-40-4)14-37-29(32-3)27(28(31)39)23(35-37)9-7-18-11-24-20(12-21(18)30)26-16(2)6-8-22(26)33-34-24/h5,11-12,14,16-17,19H,1,6,8,10,13,15H2,2-4H3,(H2-,31,32,35,39)/p+1/b37-14+/t16?,17?,19-/m1/s1. The predicted octanol–water partition coefficient (Wildman–Crippen LogP) is 2.10. The third-order valence-corrected chi connectivity index (χ3v) is 7.91. The van der Waals surface area contributed by atoms with E-state index in [1.165, 1.54) is 11.6 Å². The summed E-state index contributed by atoms with van der Waals surface area (Å²) in [5.41, 5.74) is 9.62. The first-order valence-corrected chi connectivity index (χ1v) is 13.5. The fourth-order valence-corrected chi connectivity index (χ4v) is 5.95. The van der Waals surface area contributed by atoms with Crippen LogP contribution in [0, 0.1) is 17.8 Å². The Labute approximate surface area is 237 Å². The van der Waals surface area contributed by atoms with Crippen molar-refractivity contribution in [3.8, 4) is 11.8 Å². The van der Waals surface area contributed by atoms with Crippen molar-refractivity contribution in [3.63, 3.8) is 0 Å². The van der Waals surface area contributed by atoms with Crippen LogP contribution in [0.4, 0.5) is 0 Å². The van der Waals surface area contributed by atoms with E-state index in [2.05, 4.69) is 46.0 Å². The maximum atomic E-state index is 12.5. The highest BCUT2D eigenvalue weighted by molar-refractivity contribution is 6.33. The molecular formula is C29H31ClN7O3+. The van der Waals surface area contributed by atoms with Crippen LogP contribution >= 0.6 is 11.6 Å². The van der Waals surface area contributed by atoms with Gasteiger partial charge < -0.3 is 15.4 Å². The molecular weight excluding hydrogens is 530 g/mol. The number of amides is 2. The summed E-state index contributed by atoms with van der Waals surface area (Å²) in [5, 5.41) is 17.9. The molecule has 2 aliphatic heterocycles. The van der Waals surface area contributed by atoms with Crippen molar-refractivity contribution in [1.29, 1.82) is 0 Å². The number of aromatic nitrogens is 2. The van der Waals surface area contributed by atoms with Crippen LogP contribution < -0.4 is 11.1 Å². The number of methoxy groups -OCH3 is 1. The number of fused-ring (bicyclic) bond motifs is 3. The zero-order valence-corrected chi connectivity index (χ0v) is 23.5. The molecule has 0 saturated carbocycles. The summed E-state index contributed by atoms with van der Waals surface area (Å²) < 4.78 is 6.88. The number of nitrogens with one attached hydrogen (secondary N) is 1. The number of carbonyl (C=O) groups excluding carboxylic acids is 2. The highest BCUT2D eigenvalue weighted by Crippen LogP contribution is 2.37. The van der Waals surface area contributed by atoms with Gasteiger partial charge in [-0.15, -0.1) is 4.68 Å². The van der Waals surface area contributed by atoms with Gasteiger partial charge in [0.25, 0.3) is 5.91 Å². The van der Waals surface area contributed by atoms with E-state index < -0.39 is 5.91 Å². The monoisotopic (exact) mass is 560 g/mol. The average molecular weight is 561 g/mol. The van der Waals surface area contributed by atoms with Gasteiger partial charge in [0.1, 0.15) is 6.21 Å². The summed E-state index contributed by atoms with van der Waals surface area (Å²) in [4.78, 5) is 26.6. The summed E-state index contributed by atoms with van der Waals surface area (Å²) in [6, 6.07) is 3.61. The predicted molar refractivity (Wildman–Crippen MR) is 153 cm³/mol. The SMILES string of the molecule is C=CC(=O)N1CC(/C=[N+]2/N=C(C#Cc3cc4nnc5c(c4cc3Cl)C(C)CC5)C(C(N)=O)=C2NC)C[C@@H]1COC. The van der Waals surface area contributed by atoms with Gasteiger partial charge in [0, 0.05) is 30.5 Å². The second-order valence-electron chi connectivity index (χ2n) is 10.2. The van der Waals surface area contributed by atoms with Crippen molar-refractivity contribution >= 4 is 46.2 Å². The van der Waals surface area contributed by atoms with E-state index in [0.717, 1.165) is 29.4 Å². The van der Waals surface area contributed by atoms with Crippen LogP contribution in [0.3, 0.4) is 0 Å². The molecule has 1 aromatic heterocycles. The van der Waals surface area contributed by atoms with Gasteiger partial charge in [-0.25, -0.2) is 0 Å². The Kier molecular flexibility index (Phi) is 7.70. The molecule has 10 nitrogen and oxygen atoms in total. The first kappa shape index (κ1) is 27.5. The number of rotatable bonds is 6. The second-order valence-corrected chi connectivity index (χ2v) is 10.6. The first-order chi connectivity index (χ1) is 19.2. The largest absolute Gasteiger partial charge is 0.383 e. The fourth-order valence-electron chi connectivity index (χ4n) is 5.74. The number of hydrogen-bond donors (Lipinski definition) is 2. The van der Waals surface area contributed by atoms with E-state index in [9.17, 15) is 9.59 Å². The molecule has 1 aromatic carbocycles. The highest BCUT2D eigenvalue weighted by atomic mass is 35.5.